The number of hydrogen-bond donors (Lipinski definition) is 1. The highest BCUT2D eigenvalue weighted by atomic mass is 15.3. The van der Waals surface area contributed by atoms with Gasteiger partial charge in [0.1, 0.15) is 5.82 Å². The fourth-order valence-corrected chi connectivity index (χ4v) is 4.98. The Labute approximate surface area is 173 Å². The van der Waals surface area contributed by atoms with Crippen molar-refractivity contribution in [3.8, 4) is 5.69 Å². The lowest BCUT2D eigenvalue weighted by Gasteiger charge is -2.32. The topological polar surface area (TPSA) is 33.1 Å². The van der Waals surface area contributed by atoms with E-state index in [1.807, 2.05) is 0 Å². The molecular formula is C25H30N4. The number of para-hydroxylation sites is 1. The van der Waals surface area contributed by atoms with Gasteiger partial charge in [0.25, 0.3) is 0 Å². The largest absolute Gasteiger partial charge is 0.369 e. The van der Waals surface area contributed by atoms with Crippen molar-refractivity contribution < 1.29 is 0 Å². The van der Waals surface area contributed by atoms with Gasteiger partial charge in [-0.05, 0) is 49.4 Å². The van der Waals surface area contributed by atoms with Crippen LogP contribution in [0.15, 0.2) is 54.6 Å². The van der Waals surface area contributed by atoms with E-state index in [0.717, 1.165) is 32.5 Å². The van der Waals surface area contributed by atoms with Crippen LogP contribution in [0.4, 0.5) is 5.82 Å². The number of anilines is 1. The minimum absolute atomic E-state index is 0.524. The van der Waals surface area contributed by atoms with Crippen LogP contribution >= 0.6 is 0 Å². The van der Waals surface area contributed by atoms with Crippen molar-refractivity contribution in [1.29, 1.82) is 0 Å². The van der Waals surface area contributed by atoms with Crippen molar-refractivity contribution in [2.45, 2.75) is 45.1 Å². The zero-order valence-corrected chi connectivity index (χ0v) is 17.3. The van der Waals surface area contributed by atoms with Gasteiger partial charge >= 0.3 is 0 Å². The van der Waals surface area contributed by atoms with Crippen molar-refractivity contribution in [3.05, 3.63) is 77.0 Å². The lowest BCUT2D eigenvalue weighted by molar-refractivity contribution is 0.198. The van der Waals surface area contributed by atoms with E-state index < -0.39 is 0 Å². The Hall–Kier alpha value is -2.59. The van der Waals surface area contributed by atoms with Crippen LogP contribution in [-0.2, 0) is 19.4 Å². The molecule has 5 rings (SSSR count). The molecular weight excluding hydrogens is 356 g/mol. The Kier molecular flexibility index (Phi) is 5.11. The second kappa shape index (κ2) is 8.03. The lowest BCUT2D eigenvalue weighted by atomic mass is 9.91. The number of fused-ring (bicyclic) bond motifs is 1. The van der Waals surface area contributed by atoms with Gasteiger partial charge in [-0.25, -0.2) is 4.68 Å². The molecule has 3 aromatic rings. The van der Waals surface area contributed by atoms with Crippen molar-refractivity contribution in [2.24, 2.45) is 0 Å². The first-order chi connectivity index (χ1) is 14.3. The van der Waals surface area contributed by atoms with Gasteiger partial charge in [0.15, 0.2) is 0 Å². The molecule has 4 heteroatoms. The Balaban J connectivity index is 1.44. The molecule has 2 aromatic carbocycles. The summed E-state index contributed by atoms with van der Waals surface area (Å²) in [6.07, 6.45) is 4.60. The molecule has 4 nitrogen and oxygen atoms in total. The molecule has 0 amide bonds. The minimum atomic E-state index is 0.524. The van der Waals surface area contributed by atoms with E-state index in [2.05, 4.69) is 76.4 Å². The highest BCUT2D eigenvalue weighted by molar-refractivity contribution is 5.59. The van der Waals surface area contributed by atoms with E-state index in [4.69, 9.17) is 5.10 Å². The predicted molar refractivity (Wildman–Crippen MR) is 119 cm³/mol. The summed E-state index contributed by atoms with van der Waals surface area (Å²) in [7, 11) is 0. The van der Waals surface area contributed by atoms with Gasteiger partial charge in [-0.2, -0.15) is 5.10 Å². The fraction of sp³-hybridized carbons (Fsp3) is 0.400. The van der Waals surface area contributed by atoms with Crippen LogP contribution in [0.1, 0.15) is 48.1 Å². The van der Waals surface area contributed by atoms with Gasteiger partial charge in [-0.1, -0.05) is 55.5 Å². The third-order valence-corrected chi connectivity index (χ3v) is 6.42. The highest BCUT2D eigenvalue weighted by Crippen LogP contribution is 2.37. The van der Waals surface area contributed by atoms with Crippen LogP contribution in [-0.4, -0.2) is 34.3 Å². The van der Waals surface area contributed by atoms with E-state index in [9.17, 15) is 0 Å². The summed E-state index contributed by atoms with van der Waals surface area (Å²) in [6, 6.07) is 19.5. The number of benzene rings is 2. The number of rotatable bonds is 5. The van der Waals surface area contributed by atoms with Crippen molar-refractivity contribution in [2.75, 3.05) is 25.0 Å². The number of nitrogens with zero attached hydrogens (tertiary/aromatic N) is 3. The van der Waals surface area contributed by atoms with Crippen molar-refractivity contribution in [1.82, 2.24) is 14.7 Å². The molecule has 2 aliphatic heterocycles. The normalized spacial score (nSPS) is 19.1. The van der Waals surface area contributed by atoms with E-state index >= 15 is 0 Å². The first kappa shape index (κ1) is 18.4. The average Bonchev–Trinajstić information content (AvgIpc) is 3.37. The van der Waals surface area contributed by atoms with Crippen LogP contribution in [0.2, 0.25) is 0 Å². The molecule has 1 unspecified atom stereocenters. The summed E-state index contributed by atoms with van der Waals surface area (Å²) < 4.78 is 2.19. The van der Waals surface area contributed by atoms with Crippen LogP contribution < -0.4 is 5.32 Å². The summed E-state index contributed by atoms with van der Waals surface area (Å²) in [4.78, 5) is 2.61. The second-order valence-electron chi connectivity index (χ2n) is 8.34. The summed E-state index contributed by atoms with van der Waals surface area (Å²) in [6.45, 7) is 6.57. The summed E-state index contributed by atoms with van der Waals surface area (Å²) in [5.41, 5.74) is 6.76. The quantitative estimate of drug-likeness (QED) is 0.685. The first-order valence-electron chi connectivity index (χ1n) is 11.0. The average molecular weight is 387 g/mol. The van der Waals surface area contributed by atoms with Crippen LogP contribution in [0.3, 0.4) is 0 Å². The fourth-order valence-electron chi connectivity index (χ4n) is 4.98. The Morgan fingerprint density at radius 3 is 2.76 bits per heavy atom. The highest BCUT2D eigenvalue weighted by Gasteiger charge is 2.31. The van der Waals surface area contributed by atoms with E-state index in [-0.39, 0.29) is 0 Å². The second-order valence-corrected chi connectivity index (χ2v) is 8.34. The molecule has 150 valence electrons. The summed E-state index contributed by atoms with van der Waals surface area (Å²) in [5.74, 6) is 1.75. The molecule has 1 fully saturated rings. The molecule has 1 atom stereocenters. The number of nitrogens with one attached hydrogen (secondary N) is 1. The Morgan fingerprint density at radius 1 is 1.07 bits per heavy atom. The van der Waals surface area contributed by atoms with Crippen LogP contribution in [0.25, 0.3) is 5.69 Å². The molecule has 0 bridgehead atoms. The zero-order chi connectivity index (χ0) is 19.6. The third kappa shape index (κ3) is 3.58. The van der Waals surface area contributed by atoms with Gasteiger partial charge in [0.05, 0.1) is 11.4 Å². The predicted octanol–water partition coefficient (Wildman–Crippen LogP) is 4.78. The molecule has 3 heterocycles. The standard InChI is InChI=1S/C25H30N4/c1-2-20-11-6-7-13-23(20)29-25-22(14-15-26-25)24(27-29)21-12-8-16-28(18-21)17-19-9-4-3-5-10-19/h3-7,9-11,13,21,26H,2,8,12,14-18H2,1H3. The number of likely N-dealkylation sites (tertiary alicyclic amines) is 1. The Bertz CT molecular complexity index is 976. The van der Waals surface area contributed by atoms with Crippen LogP contribution in [0, 0.1) is 0 Å². The van der Waals surface area contributed by atoms with Gasteiger partial charge in [-0.3, -0.25) is 4.90 Å². The SMILES string of the molecule is CCc1ccccc1-n1nc(C2CCCN(Cc3ccccc3)C2)c2c1NCC2. The lowest BCUT2D eigenvalue weighted by Crippen LogP contribution is -2.34. The van der Waals surface area contributed by atoms with Gasteiger partial charge in [-0.15, -0.1) is 0 Å². The molecule has 0 spiro atoms. The van der Waals surface area contributed by atoms with E-state index in [1.54, 1.807) is 0 Å². The van der Waals surface area contributed by atoms with Gasteiger partial charge in [0, 0.05) is 31.1 Å². The number of hydrogen-bond acceptors (Lipinski definition) is 3. The number of aromatic nitrogens is 2. The molecule has 0 aliphatic carbocycles. The van der Waals surface area contributed by atoms with Gasteiger partial charge < -0.3 is 5.32 Å². The maximum atomic E-state index is 5.20. The molecule has 0 saturated carbocycles. The van der Waals surface area contributed by atoms with Gasteiger partial charge in [0.2, 0.25) is 0 Å². The molecule has 1 N–H and O–H groups in total. The van der Waals surface area contributed by atoms with E-state index in [1.165, 1.54) is 53.3 Å². The number of aryl methyl sites for hydroxylation is 1. The molecule has 1 saturated heterocycles. The Morgan fingerprint density at radius 2 is 1.90 bits per heavy atom. The summed E-state index contributed by atoms with van der Waals surface area (Å²) >= 11 is 0. The maximum Gasteiger partial charge on any atom is 0.133 e. The minimum Gasteiger partial charge on any atom is -0.369 e. The van der Waals surface area contributed by atoms with Crippen molar-refractivity contribution >= 4 is 5.82 Å². The molecule has 0 radical (unpaired) electrons. The van der Waals surface area contributed by atoms with Crippen LogP contribution in [0.5, 0.6) is 0 Å². The molecule has 2 aliphatic rings. The third-order valence-electron chi connectivity index (χ3n) is 6.42. The van der Waals surface area contributed by atoms with Crippen molar-refractivity contribution in [3.63, 3.8) is 0 Å². The van der Waals surface area contributed by atoms with E-state index in [0.29, 0.717) is 5.92 Å². The first-order valence-corrected chi connectivity index (χ1v) is 11.0. The molecule has 29 heavy (non-hydrogen) atoms. The zero-order valence-electron chi connectivity index (χ0n) is 17.3. The molecule has 1 aromatic heterocycles. The monoisotopic (exact) mass is 386 g/mol. The number of piperidine rings is 1. The smallest absolute Gasteiger partial charge is 0.133 e. The summed E-state index contributed by atoms with van der Waals surface area (Å²) in [5, 5.41) is 8.82. The maximum absolute atomic E-state index is 5.20.